The van der Waals surface area contributed by atoms with Crippen molar-refractivity contribution in [3.8, 4) is 11.4 Å². The Balaban J connectivity index is 1.45. The second kappa shape index (κ2) is 7.95. The van der Waals surface area contributed by atoms with Gasteiger partial charge in [-0.25, -0.2) is 4.68 Å². The molecule has 0 saturated carbocycles. The summed E-state index contributed by atoms with van der Waals surface area (Å²) in [5, 5.41) is 13.8. The molecule has 0 fully saturated rings. The summed E-state index contributed by atoms with van der Waals surface area (Å²) >= 11 is 0. The molecule has 1 unspecified atom stereocenters. The molecule has 1 amide bonds. The van der Waals surface area contributed by atoms with E-state index in [9.17, 15) is 4.79 Å². The molecule has 2 heterocycles. The average Bonchev–Trinajstić information content (AvgIpc) is 3.16. The Morgan fingerprint density at radius 3 is 2.80 bits per heavy atom. The minimum atomic E-state index is -0.194. The monoisotopic (exact) mass is 339 g/mol. The second-order valence-electron chi connectivity index (χ2n) is 5.41. The van der Waals surface area contributed by atoms with Gasteiger partial charge in [-0.1, -0.05) is 0 Å². The van der Waals surface area contributed by atoms with Gasteiger partial charge in [-0.05, 0) is 41.6 Å². The third-order valence-electron chi connectivity index (χ3n) is 3.36. The first kappa shape index (κ1) is 16.5. The molecule has 3 aromatic rings. The molecule has 0 aliphatic rings. The Morgan fingerprint density at radius 1 is 1.28 bits per heavy atom. The Morgan fingerprint density at radius 2 is 2.12 bits per heavy atom. The van der Waals surface area contributed by atoms with Gasteiger partial charge < -0.3 is 10.1 Å². The molecule has 9 nitrogen and oxygen atoms in total. The van der Waals surface area contributed by atoms with Crippen LogP contribution in [0.15, 0.2) is 49.2 Å². The van der Waals surface area contributed by atoms with E-state index in [1.807, 2.05) is 6.92 Å². The number of carbonyl (C=O) groups is 1. The molecule has 0 saturated heterocycles. The molecule has 0 spiro atoms. The highest BCUT2D eigenvalue weighted by molar-refractivity contribution is 5.77. The molecule has 9 heteroatoms. The predicted octanol–water partition coefficient (Wildman–Crippen LogP) is 0.578. The van der Waals surface area contributed by atoms with E-state index in [2.05, 4.69) is 30.8 Å². The Labute approximate surface area is 144 Å². The maximum absolute atomic E-state index is 12.0. The number of amides is 1. The molecular weight excluding hydrogens is 322 g/mol. The molecule has 0 aliphatic heterocycles. The van der Waals surface area contributed by atoms with Gasteiger partial charge in [-0.2, -0.15) is 0 Å². The first-order chi connectivity index (χ1) is 12.2. The zero-order chi connectivity index (χ0) is 17.5. The third kappa shape index (κ3) is 4.80. The number of carbonyl (C=O) groups excluding carboxylic acids is 1. The van der Waals surface area contributed by atoms with Crippen molar-refractivity contribution in [3.63, 3.8) is 0 Å². The zero-order valence-corrected chi connectivity index (χ0v) is 13.6. The molecule has 1 N–H and O–H groups in total. The summed E-state index contributed by atoms with van der Waals surface area (Å²) in [4.78, 5) is 20.2. The van der Waals surface area contributed by atoms with Crippen LogP contribution >= 0.6 is 0 Å². The molecule has 0 aliphatic carbocycles. The Bertz CT molecular complexity index is 791. The largest absolute Gasteiger partial charge is 0.484 e. The van der Waals surface area contributed by atoms with E-state index in [1.54, 1.807) is 42.9 Å². The lowest BCUT2D eigenvalue weighted by Gasteiger charge is -2.14. The molecule has 25 heavy (non-hydrogen) atoms. The molecule has 128 valence electrons. The van der Waals surface area contributed by atoms with E-state index in [0.29, 0.717) is 12.2 Å². The van der Waals surface area contributed by atoms with Gasteiger partial charge in [0, 0.05) is 31.1 Å². The van der Waals surface area contributed by atoms with Gasteiger partial charge in [0.25, 0.3) is 5.91 Å². The predicted molar refractivity (Wildman–Crippen MR) is 88.0 cm³/mol. The minimum Gasteiger partial charge on any atom is -0.484 e. The van der Waals surface area contributed by atoms with Gasteiger partial charge in [-0.15, -0.1) is 5.10 Å². The van der Waals surface area contributed by atoms with Crippen LogP contribution in [-0.2, 0) is 11.2 Å². The third-order valence-corrected chi connectivity index (χ3v) is 3.36. The van der Waals surface area contributed by atoms with Gasteiger partial charge in [-0.3, -0.25) is 14.8 Å². The number of ether oxygens (including phenoxy) is 1. The van der Waals surface area contributed by atoms with Crippen molar-refractivity contribution in [2.24, 2.45) is 0 Å². The quantitative estimate of drug-likeness (QED) is 0.671. The molecule has 0 bridgehead atoms. The van der Waals surface area contributed by atoms with E-state index in [1.165, 1.54) is 11.0 Å². The van der Waals surface area contributed by atoms with E-state index in [0.717, 1.165) is 11.4 Å². The number of hydrogen-bond acceptors (Lipinski definition) is 7. The van der Waals surface area contributed by atoms with Gasteiger partial charge in [0.2, 0.25) is 0 Å². The highest BCUT2D eigenvalue weighted by Crippen LogP contribution is 2.14. The Kier molecular flexibility index (Phi) is 5.25. The summed E-state index contributed by atoms with van der Waals surface area (Å²) < 4.78 is 7.02. The highest BCUT2D eigenvalue weighted by Gasteiger charge is 2.10. The van der Waals surface area contributed by atoms with Crippen LogP contribution in [-0.4, -0.2) is 48.7 Å². The van der Waals surface area contributed by atoms with E-state index in [4.69, 9.17) is 4.74 Å². The first-order valence-corrected chi connectivity index (χ1v) is 7.71. The van der Waals surface area contributed by atoms with Gasteiger partial charge in [0.05, 0.1) is 11.4 Å². The normalized spacial score (nSPS) is 11.7. The van der Waals surface area contributed by atoms with Crippen molar-refractivity contribution in [2.45, 2.75) is 19.4 Å². The number of nitrogens with one attached hydrogen (secondary N) is 1. The minimum absolute atomic E-state index is 0.0602. The van der Waals surface area contributed by atoms with Crippen molar-refractivity contribution < 1.29 is 9.53 Å². The summed E-state index contributed by atoms with van der Waals surface area (Å²) in [5.74, 6) is 0.398. The number of tetrazole rings is 1. The summed E-state index contributed by atoms with van der Waals surface area (Å²) in [6.07, 6.45) is 7.05. The number of hydrogen-bond donors (Lipinski definition) is 1. The van der Waals surface area contributed by atoms with Gasteiger partial charge in [0.1, 0.15) is 12.1 Å². The van der Waals surface area contributed by atoms with Crippen molar-refractivity contribution >= 4 is 5.91 Å². The molecule has 0 radical (unpaired) electrons. The molecule has 3 rings (SSSR count). The summed E-state index contributed by atoms with van der Waals surface area (Å²) in [6.45, 7) is 1.85. The number of nitrogens with zero attached hydrogens (tertiary/aromatic N) is 6. The van der Waals surface area contributed by atoms with Crippen LogP contribution in [0.25, 0.3) is 5.69 Å². The highest BCUT2D eigenvalue weighted by atomic mass is 16.5. The van der Waals surface area contributed by atoms with Crippen LogP contribution in [0.1, 0.15) is 12.6 Å². The SMILES string of the molecule is CC(Cc1cnccn1)NC(=O)COc1ccc(-n2cnnn2)cc1. The van der Waals surface area contributed by atoms with Crippen LogP contribution in [0.3, 0.4) is 0 Å². The Hall–Kier alpha value is -3.36. The molecule has 2 aromatic heterocycles. The summed E-state index contributed by atoms with van der Waals surface area (Å²) in [5.41, 5.74) is 1.63. The fraction of sp³-hybridized carbons (Fsp3) is 0.250. The number of benzene rings is 1. The van der Waals surface area contributed by atoms with Crippen LogP contribution in [0.2, 0.25) is 0 Å². The number of rotatable bonds is 7. The average molecular weight is 339 g/mol. The standard InChI is InChI=1S/C16H17N7O2/c1-12(8-13-9-17-6-7-18-13)20-16(24)10-25-15-4-2-14(3-5-15)23-11-19-21-22-23/h2-7,9,11-12H,8,10H2,1H3,(H,20,24). The molecule has 1 atom stereocenters. The van der Waals surface area contributed by atoms with E-state index < -0.39 is 0 Å². The summed E-state index contributed by atoms with van der Waals surface area (Å²) in [6, 6.07) is 7.07. The maximum atomic E-state index is 12.0. The topological polar surface area (TPSA) is 108 Å². The van der Waals surface area contributed by atoms with E-state index >= 15 is 0 Å². The lowest BCUT2D eigenvalue weighted by Crippen LogP contribution is -2.37. The number of aromatic nitrogens is 6. The van der Waals surface area contributed by atoms with Crippen molar-refractivity contribution in [1.82, 2.24) is 35.5 Å². The maximum Gasteiger partial charge on any atom is 0.258 e. The zero-order valence-electron chi connectivity index (χ0n) is 13.6. The molecule has 1 aromatic carbocycles. The van der Waals surface area contributed by atoms with Crippen molar-refractivity contribution in [3.05, 3.63) is 54.9 Å². The van der Waals surface area contributed by atoms with Crippen LogP contribution < -0.4 is 10.1 Å². The van der Waals surface area contributed by atoms with E-state index in [-0.39, 0.29) is 18.6 Å². The van der Waals surface area contributed by atoms with Gasteiger partial charge in [0.15, 0.2) is 6.61 Å². The fourth-order valence-electron chi connectivity index (χ4n) is 2.24. The lowest BCUT2D eigenvalue weighted by molar-refractivity contribution is -0.123. The smallest absolute Gasteiger partial charge is 0.258 e. The van der Waals surface area contributed by atoms with Crippen molar-refractivity contribution in [1.29, 1.82) is 0 Å². The van der Waals surface area contributed by atoms with Crippen LogP contribution in [0, 0.1) is 0 Å². The first-order valence-electron chi connectivity index (χ1n) is 7.71. The van der Waals surface area contributed by atoms with Crippen LogP contribution in [0.4, 0.5) is 0 Å². The van der Waals surface area contributed by atoms with Gasteiger partial charge >= 0.3 is 0 Å². The fourth-order valence-corrected chi connectivity index (χ4v) is 2.24. The summed E-state index contributed by atoms with van der Waals surface area (Å²) in [7, 11) is 0. The van der Waals surface area contributed by atoms with Crippen molar-refractivity contribution in [2.75, 3.05) is 6.61 Å². The van der Waals surface area contributed by atoms with Crippen LogP contribution in [0.5, 0.6) is 5.75 Å². The second-order valence-corrected chi connectivity index (χ2v) is 5.41. The molecular formula is C16H17N7O2. The lowest BCUT2D eigenvalue weighted by atomic mass is 10.2.